The Bertz CT molecular complexity index is 671. The van der Waals surface area contributed by atoms with E-state index >= 15 is 0 Å². The number of guanidine groups is 1. The molecule has 2 heterocycles. The van der Waals surface area contributed by atoms with E-state index in [-0.39, 0.29) is 24.0 Å². The van der Waals surface area contributed by atoms with Crippen molar-refractivity contribution >= 4 is 29.9 Å². The fourth-order valence-corrected chi connectivity index (χ4v) is 4.52. The van der Waals surface area contributed by atoms with Crippen molar-refractivity contribution < 1.29 is 4.74 Å². The van der Waals surface area contributed by atoms with Crippen molar-refractivity contribution in [2.75, 3.05) is 46.4 Å². The van der Waals surface area contributed by atoms with E-state index in [4.69, 9.17) is 4.74 Å². The Hall–Kier alpha value is -0.900. The molecule has 1 aromatic rings. The number of morpholine rings is 1. The molecular weight excluding hydrogens is 501 g/mol. The SMILES string of the molecule is CN=C(NCCCN1CCCCC1C)NCc1cccc(CN2CCOC(C)C2)c1.I. The number of piperidine rings is 1. The van der Waals surface area contributed by atoms with Crippen molar-refractivity contribution in [2.24, 2.45) is 4.99 Å². The first-order valence-electron chi connectivity index (χ1n) is 11.7. The summed E-state index contributed by atoms with van der Waals surface area (Å²) in [6.45, 7) is 12.5. The molecule has 2 aliphatic heterocycles. The van der Waals surface area contributed by atoms with Crippen LogP contribution in [-0.4, -0.2) is 74.3 Å². The molecule has 0 saturated carbocycles. The van der Waals surface area contributed by atoms with Crippen LogP contribution < -0.4 is 10.6 Å². The van der Waals surface area contributed by atoms with E-state index in [9.17, 15) is 0 Å². The summed E-state index contributed by atoms with van der Waals surface area (Å²) in [6, 6.07) is 9.61. The second kappa shape index (κ2) is 14.3. The molecule has 0 aliphatic carbocycles. The van der Waals surface area contributed by atoms with Crippen LogP contribution in [0, 0.1) is 0 Å². The number of nitrogens with zero attached hydrogens (tertiary/aromatic N) is 3. The minimum atomic E-state index is 0. The molecule has 7 heteroatoms. The average Bonchev–Trinajstić information content (AvgIpc) is 2.75. The van der Waals surface area contributed by atoms with E-state index in [0.29, 0.717) is 6.10 Å². The first-order chi connectivity index (χ1) is 14.6. The fourth-order valence-electron chi connectivity index (χ4n) is 4.52. The summed E-state index contributed by atoms with van der Waals surface area (Å²) in [6.07, 6.45) is 5.57. The number of rotatable bonds is 8. The van der Waals surface area contributed by atoms with Gasteiger partial charge in [0.15, 0.2) is 5.96 Å². The molecule has 0 radical (unpaired) electrons. The zero-order chi connectivity index (χ0) is 21.2. The van der Waals surface area contributed by atoms with E-state index in [2.05, 4.69) is 63.5 Å². The molecule has 6 nitrogen and oxygen atoms in total. The first-order valence-corrected chi connectivity index (χ1v) is 11.7. The van der Waals surface area contributed by atoms with Crippen LogP contribution in [-0.2, 0) is 17.8 Å². The molecule has 2 saturated heterocycles. The number of benzene rings is 1. The molecule has 0 aromatic heterocycles. The molecule has 3 rings (SSSR count). The molecule has 2 fully saturated rings. The predicted molar refractivity (Wildman–Crippen MR) is 140 cm³/mol. The Balaban J connectivity index is 0.00000341. The van der Waals surface area contributed by atoms with E-state index in [1.807, 2.05) is 7.05 Å². The van der Waals surface area contributed by atoms with Gasteiger partial charge >= 0.3 is 0 Å². The maximum absolute atomic E-state index is 5.65. The quantitative estimate of drug-likeness (QED) is 0.228. The number of halogens is 1. The molecule has 2 N–H and O–H groups in total. The second-order valence-corrected chi connectivity index (χ2v) is 8.82. The van der Waals surface area contributed by atoms with Gasteiger partial charge in [0.1, 0.15) is 0 Å². The zero-order valence-corrected chi connectivity index (χ0v) is 21.9. The largest absolute Gasteiger partial charge is 0.376 e. The van der Waals surface area contributed by atoms with E-state index < -0.39 is 0 Å². The minimum absolute atomic E-state index is 0. The van der Waals surface area contributed by atoms with Crippen LogP contribution in [0.4, 0.5) is 0 Å². The smallest absolute Gasteiger partial charge is 0.191 e. The summed E-state index contributed by atoms with van der Waals surface area (Å²) in [5, 5.41) is 6.93. The lowest BCUT2D eigenvalue weighted by molar-refractivity contribution is -0.0212. The third-order valence-corrected chi connectivity index (χ3v) is 6.26. The molecule has 176 valence electrons. The molecule has 1 aromatic carbocycles. The van der Waals surface area contributed by atoms with E-state index in [0.717, 1.165) is 57.8 Å². The molecule has 2 aliphatic rings. The van der Waals surface area contributed by atoms with E-state index in [1.54, 1.807) is 0 Å². The topological polar surface area (TPSA) is 52.1 Å². The lowest BCUT2D eigenvalue weighted by Gasteiger charge is -2.33. The molecule has 2 atom stereocenters. The number of hydrogen-bond donors (Lipinski definition) is 2. The van der Waals surface area contributed by atoms with Crippen molar-refractivity contribution in [3.05, 3.63) is 35.4 Å². The summed E-state index contributed by atoms with van der Waals surface area (Å²) in [5.74, 6) is 0.883. The van der Waals surface area contributed by atoms with Gasteiger partial charge in [0.25, 0.3) is 0 Å². The second-order valence-electron chi connectivity index (χ2n) is 8.82. The summed E-state index contributed by atoms with van der Waals surface area (Å²) in [7, 11) is 1.85. The zero-order valence-electron chi connectivity index (χ0n) is 19.6. The third kappa shape index (κ3) is 9.24. The van der Waals surface area contributed by atoms with Gasteiger partial charge in [-0.15, -0.1) is 24.0 Å². The van der Waals surface area contributed by atoms with Gasteiger partial charge in [-0.05, 0) is 50.8 Å². The van der Waals surface area contributed by atoms with Gasteiger partial charge in [-0.25, -0.2) is 0 Å². The Morgan fingerprint density at radius 3 is 2.77 bits per heavy atom. The summed E-state index contributed by atoms with van der Waals surface area (Å²) in [4.78, 5) is 9.49. The van der Waals surface area contributed by atoms with Crippen LogP contribution >= 0.6 is 24.0 Å². The Morgan fingerprint density at radius 2 is 2.00 bits per heavy atom. The number of hydrogen-bond acceptors (Lipinski definition) is 4. The summed E-state index contributed by atoms with van der Waals surface area (Å²) < 4.78 is 5.65. The fraction of sp³-hybridized carbons (Fsp3) is 0.708. The van der Waals surface area contributed by atoms with Gasteiger partial charge in [-0.1, -0.05) is 30.7 Å². The summed E-state index contributed by atoms with van der Waals surface area (Å²) in [5.41, 5.74) is 2.65. The van der Waals surface area contributed by atoms with Crippen molar-refractivity contribution in [3.63, 3.8) is 0 Å². The maximum atomic E-state index is 5.65. The van der Waals surface area contributed by atoms with Crippen molar-refractivity contribution in [3.8, 4) is 0 Å². The van der Waals surface area contributed by atoms with Crippen molar-refractivity contribution in [1.29, 1.82) is 0 Å². The predicted octanol–water partition coefficient (Wildman–Crippen LogP) is 3.45. The van der Waals surface area contributed by atoms with Crippen LogP contribution in [0.3, 0.4) is 0 Å². The van der Waals surface area contributed by atoms with Gasteiger partial charge in [0.05, 0.1) is 12.7 Å². The molecule has 31 heavy (non-hydrogen) atoms. The number of ether oxygens (including phenoxy) is 1. The van der Waals surface area contributed by atoms with E-state index in [1.165, 1.54) is 43.5 Å². The van der Waals surface area contributed by atoms with Crippen molar-refractivity contribution in [1.82, 2.24) is 20.4 Å². The Morgan fingerprint density at radius 1 is 1.16 bits per heavy atom. The Kier molecular flexibility index (Phi) is 12.1. The molecule has 2 unspecified atom stereocenters. The Labute approximate surface area is 206 Å². The highest BCUT2D eigenvalue weighted by Gasteiger charge is 2.18. The molecule has 0 amide bonds. The summed E-state index contributed by atoms with van der Waals surface area (Å²) >= 11 is 0. The van der Waals surface area contributed by atoms with Crippen LogP contribution in [0.15, 0.2) is 29.3 Å². The molecule has 0 bridgehead atoms. The first kappa shape index (κ1) is 26.4. The van der Waals surface area contributed by atoms with Gasteiger partial charge in [0, 0.05) is 52.4 Å². The lowest BCUT2D eigenvalue weighted by atomic mass is 10.0. The number of aliphatic imine (C=N–C) groups is 1. The third-order valence-electron chi connectivity index (χ3n) is 6.26. The number of nitrogens with one attached hydrogen (secondary N) is 2. The standard InChI is InChI=1S/C24H41N5O.HI/c1-20-8-4-5-12-29(20)13-7-11-26-24(25-3)27-17-22-9-6-10-23(16-22)19-28-14-15-30-21(2)18-28;/h6,9-10,16,20-21H,4-5,7-8,11-15,17-19H2,1-3H3,(H2,25,26,27);1H. The monoisotopic (exact) mass is 543 g/mol. The maximum Gasteiger partial charge on any atom is 0.191 e. The van der Waals surface area contributed by atoms with Gasteiger partial charge < -0.3 is 20.3 Å². The van der Waals surface area contributed by atoms with Crippen LogP contribution in [0.2, 0.25) is 0 Å². The van der Waals surface area contributed by atoms with Gasteiger partial charge in [-0.2, -0.15) is 0 Å². The highest BCUT2D eigenvalue weighted by molar-refractivity contribution is 14.0. The molecule has 0 spiro atoms. The highest BCUT2D eigenvalue weighted by atomic mass is 127. The number of likely N-dealkylation sites (tertiary alicyclic amines) is 1. The van der Waals surface area contributed by atoms with Crippen LogP contribution in [0.1, 0.15) is 50.7 Å². The van der Waals surface area contributed by atoms with Crippen molar-refractivity contribution in [2.45, 2.75) is 64.8 Å². The molecular formula is C24H42IN5O. The van der Waals surface area contributed by atoms with Gasteiger partial charge in [-0.3, -0.25) is 9.89 Å². The highest BCUT2D eigenvalue weighted by Crippen LogP contribution is 2.16. The lowest BCUT2D eigenvalue weighted by Crippen LogP contribution is -2.41. The van der Waals surface area contributed by atoms with Crippen LogP contribution in [0.25, 0.3) is 0 Å². The average molecular weight is 544 g/mol. The normalized spacial score (nSPS) is 23.3. The van der Waals surface area contributed by atoms with Gasteiger partial charge in [0.2, 0.25) is 0 Å². The van der Waals surface area contributed by atoms with Crippen LogP contribution in [0.5, 0.6) is 0 Å². The minimum Gasteiger partial charge on any atom is -0.376 e.